The number of carbonyl (C=O) groups excluding carboxylic acids is 1. The van der Waals surface area contributed by atoms with E-state index in [1.165, 1.54) is 32.2 Å². The molecule has 37 heavy (non-hydrogen) atoms. The lowest BCUT2D eigenvalue weighted by Crippen LogP contribution is -2.41. The highest BCUT2D eigenvalue weighted by molar-refractivity contribution is 7.52. The van der Waals surface area contributed by atoms with Gasteiger partial charge in [-0.15, -0.1) is 0 Å². The number of hydrogen-bond acceptors (Lipinski definition) is 11. The van der Waals surface area contributed by atoms with Crippen molar-refractivity contribution in [3.05, 3.63) is 53.1 Å². The summed E-state index contributed by atoms with van der Waals surface area (Å²) in [7, 11) is -2.92. The number of rotatable bonds is 12. The number of ether oxygens (including phenoxy) is 3. The summed E-state index contributed by atoms with van der Waals surface area (Å²) < 4.78 is 55.7. The van der Waals surface area contributed by atoms with Crippen LogP contribution in [0.4, 0.5) is 10.2 Å². The van der Waals surface area contributed by atoms with Gasteiger partial charge in [-0.1, -0.05) is 29.8 Å². The minimum absolute atomic E-state index is 0.0385. The van der Waals surface area contributed by atoms with E-state index < -0.39 is 55.6 Å². The molecule has 13 nitrogen and oxygen atoms in total. The fraction of sp³-hybridized carbons (Fsp3) is 0.476. The number of nitrogens with two attached hydrogens (primary N) is 1. The lowest BCUT2D eigenvalue weighted by Gasteiger charge is -2.24. The number of benzene rings is 1. The molecule has 1 aromatic carbocycles. The number of aliphatic hydroxyl groups excluding tert-OH is 1. The Hall–Kier alpha value is -2.58. The van der Waals surface area contributed by atoms with Gasteiger partial charge in [0.25, 0.3) is 5.13 Å². The normalized spacial score (nSPS) is 25.8. The van der Waals surface area contributed by atoms with Crippen molar-refractivity contribution in [2.45, 2.75) is 36.5 Å². The van der Waals surface area contributed by atoms with Crippen molar-refractivity contribution < 1.29 is 42.1 Å². The quantitative estimate of drug-likeness (QED) is 0.146. The smallest absolute Gasteiger partial charge is 0.459 e. The van der Waals surface area contributed by atoms with E-state index in [-0.39, 0.29) is 24.8 Å². The second kappa shape index (κ2) is 12.3. The topological polar surface area (TPSA) is 173 Å². The molecule has 1 saturated heterocycles. The van der Waals surface area contributed by atoms with Crippen LogP contribution in [0.25, 0.3) is 0 Å². The van der Waals surface area contributed by atoms with E-state index in [2.05, 4.69) is 10.1 Å². The summed E-state index contributed by atoms with van der Waals surface area (Å²) in [6, 6.07) is 7.94. The number of aromatic nitrogens is 2. The van der Waals surface area contributed by atoms with Gasteiger partial charge in [0.15, 0.2) is 6.23 Å². The molecule has 1 fully saturated rings. The highest BCUT2D eigenvalue weighted by Gasteiger charge is 2.58. The van der Waals surface area contributed by atoms with Crippen LogP contribution in [0, 0.1) is 0 Å². The number of methoxy groups -OCH3 is 1. The molecule has 2 heterocycles. The third kappa shape index (κ3) is 7.26. The first-order valence-corrected chi connectivity index (χ1v) is 12.9. The van der Waals surface area contributed by atoms with E-state index in [1.807, 2.05) is 0 Å². The fourth-order valence-corrected chi connectivity index (χ4v) is 5.03. The van der Waals surface area contributed by atoms with Crippen LogP contribution in [-0.4, -0.2) is 70.9 Å². The van der Waals surface area contributed by atoms with Crippen LogP contribution < -0.4 is 21.0 Å². The summed E-state index contributed by atoms with van der Waals surface area (Å²) in [5.74, 6) is -0.757. The summed E-state index contributed by atoms with van der Waals surface area (Å²) in [6.07, 6.45) is -4.24. The molecule has 1 aliphatic heterocycles. The first-order chi connectivity index (χ1) is 17.5. The average Bonchev–Trinajstić information content (AvgIpc) is 3.07. The number of hydrogen-bond donors (Lipinski definition) is 3. The van der Waals surface area contributed by atoms with E-state index in [0.29, 0.717) is 4.57 Å². The van der Waals surface area contributed by atoms with Crippen molar-refractivity contribution >= 4 is 31.1 Å². The van der Waals surface area contributed by atoms with Crippen LogP contribution in [0.3, 0.4) is 0 Å². The first-order valence-electron chi connectivity index (χ1n) is 11.0. The summed E-state index contributed by atoms with van der Waals surface area (Å²) in [4.78, 5) is 27.9. The molecule has 1 aliphatic rings. The molecule has 0 amide bonds. The highest BCUT2D eigenvalue weighted by atomic mass is 35.5. The SMILES string of the molecule is COCCOC(=O)[C@H](C)NP(=O)(OC[C@H]1O[C@@H](n2ccc(N)nc2=O)[C@@](F)(Cl)[C@@H]1O)Oc1ccccc1. The van der Waals surface area contributed by atoms with Crippen molar-refractivity contribution in [1.29, 1.82) is 0 Å². The monoisotopic (exact) mass is 564 g/mol. The molecule has 2 aromatic rings. The maximum Gasteiger partial charge on any atom is 0.459 e. The lowest BCUT2D eigenvalue weighted by molar-refractivity contribution is -0.146. The standard InChI is InChI=1S/C21H27ClFN4O9P/c1-13(18(29)33-11-10-32-2)26-37(31,36-14-6-4-3-5-7-14)34-12-15-17(28)21(22,23)19(35-15)27-9-8-16(24)25-20(27)30/h3-9,13,15,17,19,28H,10-12H2,1-2H3,(H,26,31)(H2,24,25,30)/t13-,15+,17+,19+,21+,37?/m0/s1. The number of aliphatic hydroxyl groups is 1. The second-order valence-electron chi connectivity index (χ2n) is 7.90. The molecule has 0 bridgehead atoms. The summed E-state index contributed by atoms with van der Waals surface area (Å²) in [5.41, 5.74) is 4.48. The van der Waals surface area contributed by atoms with E-state index >= 15 is 4.39 Å². The average molecular weight is 565 g/mol. The number of para-hydroxylation sites is 1. The Balaban J connectivity index is 1.76. The molecule has 0 spiro atoms. The zero-order valence-corrected chi connectivity index (χ0v) is 21.5. The molecule has 6 atom stereocenters. The number of nitrogens with zero attached hydrogens (tertiary/aromatic N) is 2. The Bertz CT molecular complexity index is 1170. The number of nitrogen functional groups attached to an aromatic ring is 1. The van der Waals surface area contributed by atoms with E-state index in [0.717, 1.165) is 6.20 Å². The summed E-state index contributed by atoms with van der Waals surface area (Å²) in [6.45, 7) is 0.766. The number of alkyl halides is 2. The van der Waals surface area contributed by atoms with Crippen molar-refractivity contribution in [2.24, 2.45) is 0 Å². The van der Waals surface area contributed by atoms with Gasteiger partial charge < -0.3 is 29.6 Å². The predicted molar refractivity (Wildman–Crippen MR) is 129 cm³/mol. The third-order valence-electron chi connectivity index (χ3n) is 5.10. The minimum atomic E-state index is -4.36. The van der Waals surface area contributed by atoms with E-state index in [4.69, 9.17) is 40.6 Å². The van der Waals surface area contributed by atoms with Gasteiger partial charge in [0.2, 0.25) is 0 Å². The maximum absolute atomic E-state index is 15.2. The Labute approximate surface area is 216 Å². The van der Waals surface area contributed by atoms with Crippen LogP contribution in [0.15, 0.2) is 47.4 Å². The molecule has 0 aliphatic carbocycles. The molecular formula is C21H27ClFN4O9P. The maximum atomic E-state index is 15.2. The minimum Gasteiger partial charge on any atom is -0.462 e. The molecule has 4 N–H and O–H groups in total. The van der Waals surface area contributed by atoms with Crippen molar-refractivity contribution in [1.82, 2.24) is 14.6 Å². The van der Waals surface area contributed by atoms with Crippen LogP contribution in [0.1, 0.15) is 13.2 Å². The highest BCUT2D eigenvalue weighted by Crippen LogP contribution is 2.48. The Morgan fingerprint density at radius 3 is 2.73 bits per heavy atom. The van der Waals surface area contributed by atoms with Gasteiger partial charge in [-0.25, -0.2) is 13.8 Å². The van der Waals surface area contributed by atoms with E-state index in [9.17, 15) is 19.3 Å². The molecule has 204 valence electrons. The van der Waals surface area contributed by atoms with Crippen LogP contribution in [0.5, 0.6) is 5.75 Å². The zero-order valence-electron chi connectivity index (χ0n) is 19.9. The largest absolute Gasteiger partial charge is 0.462 e. The number of carbonyl (C=O) groups is 1. The predicted octanol–water partition coefficient (Wildman–Crippen LogP) is 1.36. The second-order valence-corrected chi connectivity index (χ2v) is 10.2. The first kappa shape index (κ1) is 29.0. The van der Waals surface area contributed by atoms with Gasteiger partial charge in [-0.2, -0.15) is 10.1 Å². The van der Waals surface area contributed by atoms with Gasteiger partial charge in [-0.3, -0.25) is 13.9 Å². The summed E-state index contributed by atoms with van der Waals surface area (Å²) in [5, 5.41) is 9.92. The van der Waals surface area contributed by atoms with Crippen LogP contribution >= 0.6 is 19.3 Å². The molecule has 0 saturated carbocycles. The van der Waals surface area contributed by atoms with Crippen molar-refractivity contribution in [3.8, 4) is 5.75 Å². The Morgan fingerprint density at radius 2 is 2.08 bits per heavy atom. The Kier molecular flexibility index (Phi) is 9.64. The number of nitrogens with one attached hydrogen (secondary N) is 1. The van der Waals surface area contributed by atoms with Gasteiger partial charge in [0.1, 0.15) is 36.4 Å². The molecular weight excluding hydrogens is 538 g/mol. The molecule has 3 rings (SSSR count). The van der Waals surface area contributed by atoms with Crippen molar-refractivity contribution in [2.75, 3.05) is 32.7 Å². The molecule has 1 aromatic heterocycles. The van der Waals surface area contributed by atoms with Gasteiger partial charge in [0.05, 0.1) is 13.2 Å². The molecule has 1 unspecified atom stereocenters. The van der Waals surface area contributed by atoms with E-state index in [1.54, 1.807) is 18.2 Å². The molecule has 16 heteroatoms. The third-order valence-corrected chi connectivity index (χ3v) is 7.15. The summed E-state index contributed by atoms with van der Waals surface area (Å²) >= 11 is 5.89. The van der Waals surface area contributed by atoms with Crippen molar-refractivity contribution in [3.63, 3.8) is 0 Å². The van der Waals surface area contributed by atoms with Gasteiger partial charge >= 0.3 is 19.4 Å². The van der Waals surface area contributed by atoms with Crippen LogP contribution in [-0.2, 0) is 28.1 Å². The Morgan fingerprint density at radius 1 is 1.38 bits per heavy atom. The number of esters is 1. The van der Waals surface area contributed by atoms with Gasteiger partial charge in [-0.05, 0) is 25.1 Å². The van der Waals surface area contributed by atoms with Gasteiger partial charge in [0, 0.05) is 13.3 Å². The lowest BCUT2D eigenvalue weighted by atomic mass is 10.1. The number of anilines is 1. The zero-order chi connectivity index (χ0) is 27.2. The molecule has 0 radical (unpaired) electrons. The number of halogens is 2. The fourth-order valence-electron chi connectivity index (χ4n) is 3.23. The van der Waals surface area contributed by atoms with Crippen LogP contribution in [0.2, 0.25) is 0 Å².